The Morgan fingerprint density at radius 2 is 2.64 bits per heavy atom. The van der Waals surface area contributed by atoms with Crippen molar-refractivity contribution in [1.82, 2.24) is 9.69 Å². The highest BCUT2D eigenvalue weighted by atomic mass is 32.1. The van der Waals surface area contributed by atoms with E-state index < -0.39 is 5.67 Å². The summed E-state index contributed by atoms with van der Waals surface area (Å²) in [4.78, 5) is 0. The van der Waals surface area contributed by atoms with Crippen LogP contribution >= 0.6 is 11.5 Å². The maximum absolute atomic E-state index is 13.8. The molecule has 1 aromatic heterocycles. The Morgan fingerprint density at radius 3 is 3.18 bits per heavy atom. The van der Waals surface area contributed by atoms with Crippen LogP contribution in [0, 0.1) is 0 Å². The third-order valence-corrected chi connectivity index (χ3v) is 2.56. The average molecular weight is 172 g/mol. The molecule has 11 heavy (non-hydrogen) atoms. The average Bonchev–Trinajstić information content (AvgIpc) is 2.55. The molecule has 2 nitrogen and oxygen atoms in total. The standard InChI is InChI=1S/C7H9FN2S/c8-7(2-3-9-5-7)6-1-4-11-10-6/h1,4,9H,2-3,5H2. The molecule has 1 unspecified atom stereocenters. The summed E-state index contributed by atoms with van der Waals surface area (Å²) in [5.41, 5.74) is -0.604. The largest absolute Gasteiger partial charge is 0.313 e. The molecule has 1 aromatic rings. The third-order valence-electron chi connectivity index (χ3n) is 2.00. The Balaban J connectivity index is 2.27. The van der Waals surface area contributed by atoms with Gasteiger partial charge in [-0.3, -0.25) is 0 Å². The Hall–Kier alpha value is -0.480. The molecule has 0 aromatic carbocycles. The van der Waals surface area contributed by atoms with Crippen molar-refractivity contribution < 1.29 is 4.39 Å². The highest BCUT2D eigenvalue weighted by molar-refractivity contribution is 7.03. The Labute approximate surface area is 68.6 Å². The van der Waals surface area contributed by atoms with Gasteiger partial charge >= 0.3 is 0 Å². The van der Waals surface area contributed by atoms with Crippen molar-refractivity contribution in [3.63, 3.8) is 0 Å². The van der Waals surface area contributed by atoms with E-state index in [-0.39, 0.29) is 0 Å². The summed E-state index contributed by atoms with van der Waals surface area (Å²) in [6, 6.07) is 1.76. The van der Waals surface area contributed by atoms with Gasteiger partial charge in [0.1, 0.15) is 0 Å². The molecule has 4 heteroatoms. The normalized spacial score (nSPS) is 31.0. The van der Waals surface area contributed by atoms with E-state index in [0.29, 0.717) is 18.7 Å². The molecule has 1 fully saturated rings. The molecular formula is C7H9FN2S. The molecular weight excluding hydrogens is 163 g/mol. The van der Waals surface area contributed by atoms with Crippen LogP contribution in [-0.4, -0.2) is 17.5 Å². The van der Waals surface area contributed by atoms with E-state index in [1.165, 1.54) is 11.5 Å². The number of aromatic nitrogens is 1. The zero-order chi connectivity index (χ0) is 7.73. The third kappa shape index (κ3) is 1.16. The smallest absolute Gasteiger partial charge is 0.167 e. The number of rotatable bonds is 1. The topological polar surface area (TPSA) is 24.9 Å². The quantitative estimate of drug-likeness (QED) is 0.690. The first-order chi connectivity index (χ1) is 5.31. The minimum atomic E-state index is -1.19. The summed E-state index contributed by atoms with van der Waals surface area (Å²) in [5.74, 6) is 0. The van der Waals surface area contributed by atoms with Crippen molar-refractivity contribution in [3.8, 4) is 0 Å². The molecule has 2 rings (SSSR count). The summed E-state index contributed by atoms with van der Waals surface area (Å²) in [6.45, 7) is 1.17. The predicted molar refractivity (Wildman–Crippen MR) is 42.4 cm³/mol. The Bertz CT molecular complexity index is 229. The van der Waals surface area contributed by atoms with Gasteiger partial charge in [-0.2, -0.15) is 4.37 Å². The number of nitrogens with zero attached hydrogens (tertiary/aromatic N) is 1. The van der Waals surface area contributed by atoms with Crippen LogP contribution in [0.2, 0.25) is 0 Å². The van der Waals surface area contributed by atoms with Crippen LogP contribution in [0.1, 0.15) is 12.1 Å². The molecule has 1 aliphatic rings. The highest BCUT2D eigenvalue weighted by Gasteiger charge is 2.37. The summed E-state index contributed by atoms with van der Waals surface area (Å²) in [6.07, 6.45) is 0.552. The fourth-order valence-corrected chi connectivity index (χ4v) is 1.91. The second-order valence-electron chi connectivity index (χ2n) is 2.78. The maximum Gasteiger partial charge on any atom is 0.167 e. The van der Waals surface area contributed by atoms with E-state index in [4.69, 9.17) is 0 Å². The summed E-state index contributed by atoms with van der Waals surface area (Å²) in [7, 11) is 0. The molecule has 2 heterocycles. The minimum absolute atomic E-state index is 0.413. The van der Waals surface area contributed by atoms with Crippen LogP contribution in [0.4, 0.5) is 4.39 Å². The molecule has 1 atom stereocenters. The summed E-state index contributed by atoms with van der Waals surface area (Å²) < 4.78 is 17.8. The van der Waals surface area contributed by atoms with E-state index in [2.05, 4.69) is 9.69 Å². The number of alkyl halides is 1. The molecule has 1 saturated heterocycles. The van der Waals surface area contributed by atoms with E-state index in [0.717, 1.165) is 6.54 Å². The molecule has 0 saturated carbocycles. The summed E-state index contributed by atoms with van der Waals surface area (Å²) >= 11 is 1.31. The number of hydrogen-bond donors (Lipinski definition) is 1. The van der Waals surface area contributed by atoms with Gasteiger partial charge in [0.25, 0.3) is 0 Å². The van der Waals surface area contributed by atoms with Gasteiger partial charge in [0.2, 0.25) is 0 Å². The van der Waals surface area contributed by atoms with Crippen LogP contribution in [-0.2, 0) is 5.67 Å². The van der Waals surface area contributed by atoms with Gasteiger partial charge in [-0.05, 0) is 24.1 Å². The number of halogens is 1. The minimum Gasteiger partial charge on any atom is -0.313 e. The van der Waals surface area contributed by atoms with E-state index >= 15 is 0 Å². The van der Waals surface area contributed by atoms with E-state index in [1.54, 1.807) is 6.07 Å². The predicted octanol–water partition coefficient (Wildman–Crippen LogP) is 1.30. The Kier molecular flexibility index (Phi) is 1.65. The zero-order valence-electron chi connectivity index (χ0n) is 6.01. The Morgan fingerprint density at radius 1 is 1.73 bits per heavy atom. The number of hydrogen-bond acceptors (Lipinski definition) is 3. The van der Waals surface area contributed by atoms with E-state index in [9.17, 15) is 4.39 Å². The number of nitrogens with one attached hydrogen (secondary N) is 1. The first-order valence-corrected chi connectivity index (χ1v) is 4.45. The highest BCUT2D eigenvalue weighted by Crippen LogP contribution is 2.31. The molecule has 0 spiro atoms. The first-order valence-electron chi connectivity index (χ1n) is 3.62. The van der Waals surface area contributed by atoms with Crippen molar-refractivity contribution in [2.45, 2.75) is 12.1 Å². The van der Waals surface area contributed by atoms with Gasteiger partial charge in [0, 0.05) is 18.3 Å². The van der Waals surface area contributed by atoms with Gasteiger partial charge in [-0.1, -0.05) is 0 Å². The summed E-state index contributed by atoms with van der Waals surface area (Å²) in [5, 5.41) is 4.81. The molecule has 1 N–H and O–H groups in total. The van der Waals surface area contributed by atoms with Gasteiger partial charge in [0.05, 0.1) is 5.69 Å². The second kappa shape index (κ2) is 2.53. The van der Waals surface area contributed by atoms with Crippen molar-refractivity contribution in [2.75, 3.05) is 13.1 Å². The lowest BCUT2D eigenvalue weighted by Gasteiger charge is -2.13. The lowest BCUT2D eigenvalue weighted by molar-refractivity contribution is 0.188. The second-order valence-corrected chi connectivity index (χ2v) is 3.44. The maximum atomic E-state index is 13.8. The van der Waals surface area contributed by atoms with Crippen molar-refractivity contribution in [3.05, 3.63) is 17.1 Å². The van der Waals surface area contributed by atoms with Crippen LogP contribution in [0.5, 0.6) is 0 Å². The first kappa shape index (κ1) is 7.18. The van der Waals surface area contributed by atoms with Crippen molar-refractivity contribution in [1.29, 1.82) is 0 Å². The van der Waals surface area contributed by atoms with Gasteiger partial charge < -0.3 is 5.32 Å². The van der Waals surface area contributed by atoms with Gasteiger partial charge in [-0.25, -0.2) is 4.39 Å². The van der Waals surface area contributed by atoms with Gasteiger partial charge in [-0.15, -0.1) is 0 Å². The van der Waals surface area contributed by atoms with E-state index in [1.807, 2.05) is 5.38 Å². The molecule has 60 valence electrons. The lowest BCUT2D eigenvalue weighted by Crippen LogP contribution is -2.23. The fraction of sp³-hybridized carbons (Fsp3) is 0.571. The molecule has 0 aliphatic carbocycles. The van der Waals surface area contributed by atoms with Crippen LogP contribution in [0.15, 0.2) is 11.4 Å². The monoisotopic (exact) mass is 172 g/mol. The lowest BCUT2D eigenvalue weighted by atomic mass is 10.0. The van der Waals surface area contributed by atoms with Crippen LogP contribution in [0.25, 0.3) is 0 Å². The van der Waals surface area contributed by atoms with Crippen LogP contribution in [0.3, 0.4) is 0 Å². The fourth-order valence-electron chi connectivity index (χ4n) is 1.32. The van der Waals surface area contributed by atoms with Crippen molar-refractivity contribution >= 4 is 11.5 Å². The zero-order valence-corrected chi connectivity index (χ0v) is 6.83. The molecule has 0 bridgehead atoms. The van der Waals surface area contributed by atoms with Crippen molar-refractivity contribution in [2.24, 2.45) is 0 Å². The molecule has 1 aliphatic heterocycles. The SMILES string of the molecule is FC1(c2ccsn2)CCNC1. The molecule has 0 amide bonds. The van der Waals surface area contributed by atoms with Crippen LogP contribution < -0.4 is 5.32 Å². The van der Waals surface area contributed by atoms with Gasteiger partial charge in [0.15, 0.2) is 5.67 Å². The molecule has 0 radical (unpaired) electrons.